The highest BCUT2D eigenvalue weighted by Crippen LogP contribution is 2.27. The molecule has 0 aliphatic rings. The predicted molar refractivity (Wildman–Crippen MR) is 59.6 cm³/mol. The second-order valence-electron chi connectivity index (χ2n) is 2.93. The Labute approximate surface area is 99.0 Å². The Kier molecular flexibility index (Phi) is 3.16. The van der Waals surface area contributed by atoms with Gasteiger partial charge in [0.15, 0.2) is 0 Å². The van der Waals surface area contributed by atoms with Crippen molar-refractivity contribution in [2.45, 2.75) is 6.54 Å². The number of hydrogen-bond acceptors (Lipinski definition) is 5. The van der Waals surface area contributed by atoms with Crippen molar-refractivity contribution in [3.63, 3.8) is 0 Å². The molecule has 2 aromatic rings. The summed E-state index contributed by atoms with van der Waals surface area (Å²) in [6.45, 7) is 0.146. The molecule has 0 saturated heterocycles. The summed E-state index contributed by atoms with van der Waals surface area (Å²) in [6.07, 6.45) is 0. The van der Waals surface area contributed by atoms with Gasteiger partial charge < -0.3 is 15.5 Å². The fourth-order valence-electron chi connectivity index (χ4n) is 1.11. The Morgan fingerprint density at radius 1 is 1.44 bits per heavy atom. The third kappa shape index (κ3) is 2.20. The third-order valence-electron chi connectivity index (χ3n) is 1.84. The number of nitrogens with zero attached hydrogens (tertiary/aromatic N) is 2. The van der Waals surface area contributed by atoms with Crippen LogP contribution in [0.4, 0.5) is 16.1 Å². The third-order valence-corrected chi connectivity index (χ3v) is 2.50. The van der Waals surface area contributed by atoms with Gasteiger partial charge in [0.05, 0.1) is 12.2 Å². The van der Waals surface area contributed by atoms with E-state index in [9.17, 15) is 4.39 Å². The number of aromatic nitrogens is 2. The summed E-state index contributed by atoms with van der Waals surface area (Å²) in [5.41, 5.74) is 5.55. The average molecular weight is 287 g/mol. The maximum atomic E-state index is 13.4. The largest absolute Gasteiger partial charge is 0.406 e. The molecule has 0 aliphatic heterocycles. The van der Waals surface area contributed by atoms with Gasteiger partial charge in [-0.25, -0.2) is 4.39 Å². The van der Waals surface area contributed by atoms with Crippen LogP contribution in [-0.2, 0) is 6.54 Å². The van der Waals surface area contributed by atoms with Crippen molar-refractivity contribution < 1.29 is 8.81 Å². The lowest BCUT2D eigenvalue weighted by atomic mass is 10.3. The maximum Gasteiger partial charge on any atom is 0.320 e. The molecule has 1 heterocycles. The first-order chi connectivity index (χ1) is 7.70. The molecule has 16 heavy (non-hydrogen) atoms. The van der Waals surface area contributed by atoms with Crippen molar-refractivity contribution in [2.75, 3.05) is 5.32 Å². The van der Waals surface area contributed by atoms with Crippen molar-refractivity contribution >= 4 is 27.6 Å². The van der Waals surface area contributed by atoms with Crippen LogP contribution in [0.15, 0.2) is 27.1 Å². The molecule has 0 radical (unpaired) electrons. The first-order valence-electron chi connectivity index (χ1n) is 4.44. The summed E-state index contributed by atoms with van der Waals surface area (Å²) >= 11 is 3.21. The Bertz CT molecular complexity index is 482. The molecule has 0 aliphatic carbocycles. The number of para-hydroxylation sites is 1. The predicted octanol–water partition coefficient (Wildman–Crippen LogP) is 2.17. The normalized spacial score (nSPS) is 10.4. The lowest BCUT2D eigenvalue weighted by molar-refractivity contribution is 0.510. The lowest BCUT2D eigenvalue weighted by Crippen LogP contribution is -1.95. The van der Waals surface area contributed by atoms with E-state index in [0.29, 0.717) is 4.47 Å². The average Bonchev–Trinajstić information content (AvgIpc) is 2.71. The minimum Gasteiger partial charge on any atom is -0.406 e. The molecule has 0 spiro atoms. The van der Waals surface area contributed by atoms with Crippen LogP contribution in [-0.4, -0.2) is 10.2 Å². The number of rotatable bonds is 3. The van der Waals surface area contributed by atoms with Crippen molar-refractivity contribution in [2.24, 2.45) is 5.73 Å². The number of benzene rings is 1. The molecule has 1 aromatic heterocycles. The molecule has 2 rings (SSSR count). The SMILES string of the molecule is NCc1nnc(Nc2c(F)cccc2Br)o1. The number of nitrogens with two attached hydrogens (primary N) is 1. The molecular weight excluding hydrogens is 279 g/mol. The van der Waals surface area contributed by atoms with Crippen LogP contribution in [0.5, 0.6) is 0 Å². The maximum absolute atomic E-state index is 13.4. The van der Waals surface area contributed by atoms with E-state index in [4.69, 9.17) is 10.2 Å². The van der Waals surface area contributed by atoms with Gasteiger partial charge in [-0.1, -0.05) is 11.2 Å². The van der Waals surface area contributed by atoms with Crippen LogP contribution in [0.1, 0.15) is 5.89 Å². The second kappa shape index (κ2) is 4.58. The molecule has 0 amide bonds. The van der Waals surface area contributed by atoms with Crippen LogP contribution < -0.4 is 11.1 Å². The van der Waals surface area contributed by atoms with Crippen LogP contribution >= 0.6 is 15.9 Å². The van der Waals surface area contributed by atoms with E-state index in [1.54, 1.807) is 12.1 Å². The van der Waals surface area contributed by atoms with Crippen LogP contribution in [0.25, 0.3) is 0 Å². The Morgan fingerprint density at radius 3 is 2.88 bits per heavy atom. The molecule has 0 saturated carbocycles. The van der Waals surface area contributed by atoms with Crippen LogP contribution in [0.2, 0.25) is 0 Å². The molecule has 0 unspecified atom stereocenters. The van der Waals surface area contributed by atoms with E-state index in [2.05, 4.69) is 31.4 Å². The molecular formula is C9H8BrFN4O. The van der Waals surface area contributed by atoms with Gasteiger partial charge in [0.25, 0.3) is 0 Å². The molecule has 0 bridgehead atoms. The van der Waals surface area contributed by atoms with Crippen molar-refractivity contribution in [3.8, 4) is 0 Å². The van der Waals surface area contributed by atoms with Gasteiger partial charge in [0.2, 0.25) is 5.89 Å². The quantitative estimate of drug-likeness (QED) is 0.904. The van der Waals surface area contributed by atoms with E-state index >= 15 is 0 Å². The second-order valence-corrected chi connectivity index (χ2v) is 3.78. The zero-order valence-electron chi connectivity index (χ0n) is 8.08. The molecule has 84 valence electrons. The number of anilines is 2. The van der Waals surface area contributed by atoms with Gasteiger partial charge in [0.1, 0.15) is 5.82 Å². The first kappa shape index (κ1) is 11.0. The fourth-order valence-corrected chi connectivity index (χ4v) is 1.55. The van der Waals surface area contributed by atoms with Crippen LogP contribution in [0.3, 0.4) is 0 Å². The van der Waals surface area contributed by atoms with Gasteiger partial charge in [-0.2, -0.15) is 0 Å². The minimum atomic E-state index is -0.415. The molecule has 7 heteroatoms. The van der Waals surface area contributed by atoms with Gasteiger partial charge in [-0.3, -0.25) is 0 Å². The first-order valence-corrected chi connectivity index (χ1v) is 5.23. The molecule has 3 N–H and O–H groups in total. The van der Waals surface area contributed by atoms with Crippen molar-refractivity contribution in [1.29, 1.82) is 0 Å². The van der Waals surface area contributed by atoms with Gasteiger partial charge in [-0.15, -0.1) is 5.10 Å². The summed E-state index contributed by atoms with van der Waals surface area (Å²) < 4.78 is 19.1. The van der Waals surface area contributed by atoms with Gasteiger partial charge in [-0.05, 0) is 28.1 Å². The molecule has 5 nitrogen and oxygen atoms in total. The van der Waals surface area contributed by atoms with E-state index in [1.165, 1.54) is 6.07 Å². The Hall–Kier alpha value is -1.47. The summed E-state index contributed by atoms with van der Waals surface area (Å²) in [5.74, 6) is -0.128. The number of hydrogen-bond donors (Lipinski definition) is 2. The van der Waals surface area contributed by atoms with E-state index in [-0.39, 0.29) is 24.1 Å². The van der Waals surface area contributed by atoms with Gasteiger partial charge in [0, 0.05) is 4.47 Å². The summed E-state index contributed by atoms with van der Waals surface area (Å²) in [5, 5.41) is 9.99. The zero-order chi connectivity index (χ0) is 11.5. The smallest absolute Gasteiger partial charge is 0.320 e. The highest BCUT2D eigenvalue weighted by atomic mass is 79.9. The minimum absolute atomic E-state index is 0.103. The Balaban J connectivity index is 2.26. The highest BCUT2D eigenvalue weighted by Gasteiger charge is 2.10. The number of halogens is 2. The lowest BCUT2D eigenvalue weighted by Gasteiger charge is -2.04. The molecule has 0 fully saturated rings. The summed E-state index contributed by atoms with van der Waals surface area (Å²) in [4.78, 5) is 0. The summed E-state index contributed by atoms with van der Waals surface area (Å²) in [6, 6.07) is 4.72. The molecule has 0 atom stereocenters. The van der Waals surface area contributed by atoms with Crippen molar-refractivity contribution in [3.05, 3.63) is 34.4 Å². The van der Waals surface area contributed by atoms with E-state index in [1.807, 2.05) is 0 Å². The van der Waals surface area contributed by atoms with Crippen molar-refractivity contribution in [1.82, 2.24) is 10.2 Å². The van der Waals surface area contributed by atoms with E-state index < -0.39 is 5.82 Å². The number of nitrogens with one attached hydrogen (secondary N) is 1. The summed E-state index contributed by atoms with van der Waals surface area (Å²) in [7, 11) is 0. The topological polar surface area (TPSA) is 77.0 Å². The standard InChI is InChI=1S/C9H8BrFN4O/c10-5-2-1-3-6(11)8(5)13-9-15-14-7(4-12)16-9/h1-3H,4,12H2,(H,13,15). The zero-order valence-corrected chi connectivity index (χ0v) is 9.66. The van der Waals surface area contributed by atoms with Gasteiger partial charge >= 0.3 is 6.01 Å². The van der Waals surface area contributed by atoms with E-state index in [0.717, 1.165) is 0 Å². The Morgan fingerprint density at radius 2 is 2.25 bits per heavy atom. The fraction of sp³-hybridized carbons (Fsp3) is 0.111. The molecule has 1 aromatic carbocycles. The highest BCUT2D eigenvalue weighted by molar-refractivity contribution is 9.10. The van der Waals surface area contributed by atoms with Crippen LogP contribution in [0, 0.1) is 5.82 Å². The monoisotopic (exact) mass is 286 g/mol.